The number of aliphatic hydroxyl groups is 1. The summed E-state index contributed by atoms with van der Waals surface area (Å²) in [6.07, 6.45) is -4.45. The Morgan fingerprint density at radius 3 is 2.14 bits per heavy atom. The monoisotopic (exact) mass is 215 g/mol. The van der Waals surface area contributed by atoms with Gasteiger partial charge >= 0.3 is 6.18 Å². The summed E-state index contributed by atoms with van der Waals surface area (Å²) in [6.45, 7) is 0. The quantitative estimate of drug-likeness (QED) is 0.614. The fourth-order valence-corrected chi connectivity index (χ4v) is 2.44. The van der Waals surface area contributed by atoms with Gasteiger partial charge in [-0.3, -0.25) is 0 Å². The molecule has 2 saturated carbocycles. The van der Waals surface area contributed by atoms with E-state index in [9.17, 15) is 22.0 Å². The molecule has 1 radical (unpaired) electrons. The van der Waals surface area contributed by atoms with E-state index in [1.807, 2.05) is 0 Å². The van der Waals surface area contributed by atoms with Crippen LogP contribution in [0.25, 0.3) is 0 Å². The minimum Gasteiger partial charge on any atom is -0.376 e. The lowest BCUT2D eigenvalue weighted by Gasteiger charge is -2.39. The minimum absolute atomic E-state index is 0.0870. The zero-order chi connectivity index (χ0) is 10.8. The summed E-state index contributed by atoms with van der Waals surface area (Å²) in [7, 11) is 0. The predicted molar refractivity (Wildman–Crippen MR) is 36.5 cm³/mol. The first-order valence-electron chi connectivity index (χ1n) is 4.21. The summed E-state index contributed by atoms with van der Waals surface area (Å²) in [5.41, 5.74) is -3.82. The number of rotatable bonds is 0. The molecule has 0 heterocycles. The lowest BCUT2D eigenvalue weighted by atomic mass is 9.80. The van der Waals surface area contributed by atoms with Gasteiger partial charge in [-0.25, -0.2) is 8.78 Å². The summed E-state index contributed by atoms with van der Waals surface area (Å²) in [4.78, 5) is 0. The molecule has 2 fully saturated rings. The highest BCUT2D eigenvalue weighted by atomic mass is 19.4. The summed E-state index contributed by atoms with van der Waals surface area (Å²) >= 11 is 0. The van der Waals surface area contributed by atoms with Crippen LogP contribution in [0.1, 0.15) is 12.8 Å². The second-order valence-electron chi connectivity index (χ2n) is 3.90. The first-order valence-corrected chi connectivity index (χ1v) is 4.21. The van der Waals surface area contributed by atoms with Crippen molar-refractivity contribution in [3.63, 3.8) is 0 Å². The lowest BCUT2D eigenvalue weighted by Crippen LogP contribution is -2.62. The molecule has 6 heteroatoms. The van der Waals surface area contributed by atoms with E-state index >= 15 is 0 Å². The number of fused-ring (bicyclic) bond motifs is 2. The van der Waals surface area contributed by atoms with Crippen LogP contribution in [0.5, 0.6) is 0 Å². The maximum Gasteiger partial charge on any atom is 0.423 e. The largest absolute Gasteiger partial charge is 0.423 e. The van der Waals surface area contributed by atoms with Gasteiger partial charge < -0.3 is 5.11 Å². The van der Waals surface area contributed by atoms with Gasteiger partial charge in [0.05, 0.1) is 0 Å². The highest BCUT2D eigenvalue weighted by Gasteiger charge is 2.80. The molecule has 0 aliphatic heterocycles. The number of halogens is 5. The molecule has 2 aliphatic rings. The third-order valence-corrected chi connectivity index (χ3v) is 3.24. The Kier molecular flexibility index (Phi) is 1.74. The SMILES string of the molecule is OC1(C(F)(F)F)C2C[CH]C(C2)C1(F)F. The first kappa shape index (κ1) is 10.1. The van der Waals surface area contributed by atoms with Crippen molar-refractivity contribution in [2.24, 2.45) is 11.8 Å². The van der Waals surface area contributed by atoms with Gasteiger partial charge in [0.15, 0.2) is 0 Å². The van der Waals surface area contributed by atoms with Crippen LogP contribution in [0, 0.1) is 18.3 Å². The second kappa shape index (κ2) is 2.40. The summed E-state index contributed by atoms with van der Waals surface area (Å²) in [5.74, 6) is -6.89. The summed E-state index contributed by atoms with van der Waals surface area (Å²) < 4.78 is 63.4. The van der Waals surface area contributed by atoms with Crippen molar-refractivity contribution in [3.8, 4) is 0 Å². The van der Waals surface area contributed by atoms with Gasteiger partial charge in [-0.15, -0.1) is 0 Å². The normalized spacial score (nSPS) is 45.9. The summed E-state index contributed by atoms with van der Waals surface area (Å²) in [5, 5.41) is 9.15. The van der Waals surface area contributed by atoms with E-state index in [1.165, 1.54) is 6.42 Å². The Labute approximate surface area is 76.9 Å². The van der Waals surface area contributed by atoms with E-state index in [0.717, 1.165) is 0 Å². The molecule has 2 aliphatic carbocycles. The van der Waals surface area contributed by atoms with Gasteiger partial charge in [0.2, 0.25) is 5.60 Å². The zero-order valence-corrected chi connectivity index (χ0v) is 6.98. The fourth-order valence-electron chi connectivity index (χ4n) is 2.44. The molecule has 1 nitrogen and oxygen atoms in total. The molecular formula is C8H8F5O. The maximum atomic E-state index is 13.2. The van der Waals surface area contributed by atoms with Crippen LogP contribution in [-0.4, -0.2) is 22.8 Å². The molecule has 1 N–H and O–H groups in total. The summed E-state index contributed by atoms with van der Waals surface area (Å²) in [6, 6.07) is 0. The second-order valence-corrected chi connectivity index (χ2v) is 3.90. The molecule has 81 valence electrons. The van der Waals surface area contributed by atoms with Crippen LogP contribution in [0.2, 0.25) is 0 Å². The van der Waals surface area contributed by atoms with Crippen molar-refractivity contribution in [2.45, 2.75) is 30.5 Å². The van der Waals surface area contributed by atoms with Crippen molar-refractivity contribution in [2.75, 3.05) is 0 Å². The number of hydrogen-bond acceptors (Lipinski definition) is 1. The number of hydrogen-bond donors (Lipinski definition) is 1. The van der Waals surface area contributed by atoms with Gasteiger partial charge in [-0.2, -0.15) is 13.2 Å². The Balaban J connectivity index is 2.44. The molecule has 0 saturated heterocycles. The molecular weight excluding hydrogens is 207 g/mol. The molecule has 2 bridgehead atoms. The smallest absolute Gasteiger partial charge is 0.376 e. The van der Waals surface area contributed by atoms with Crippen molar-refractivity contribution < 1.29 is 27.1 Å². The molecule has 0 aromatic rings. The molecule has 0 amide bonds. The average Bonchev–Trinajstić information content (AvgIpc) is 2.52. The van der Waals surface area contributed by atoms with Crippen molar-refractivity contribution in [1.29, 1.82) is 0 Å². The predicted octanol–water partition coefficient (Wildman–Crippen LogP) is 2.16. The van der Waals surface area contributed by atoms with Crippen LogP contribution in [0.3, 0.4) is 0 Å². The minimum atomic E-state index is -5.26. The average molecular weight is 215 g/mol. The van der Waals surface area contributed by atoms with E-state index in [-0.39, 0.29) is 12.8 Å². The Morgan fingerprint density at radius 2 is 1.86 bits per heavy atom. The van der Waals surface area contributed by atoms with Crippen LogP contribution in [-0.2, 0) is 0 Å². The Morgan fingerprint density at radius 1 is 1.29 bits per heavy atom. The first-order chi connectivity index (χ1) is 6.21. The van der Waals surface area contributed by atoms with Crippen molar-refractivity contribution in [1.82, 2.24) is 0 Å². The van der Waals surface area contributed by atoms with Gasteiger partial charge in [0.1, 0.15) is 0 Å². The zero-order valence-electron chi connectivity index (χ0n) is 6.98. The lowest BCUT2D eigenvalue weighted by molar-refractivity contribution is -0.342. The van der Waals surface area contributed by atoms with Crippen LogP contribution in [0.4, 0.5) is 22.0 Å². The van der Waals surface area contributed by atoms with Gasteiger partial charge in [0, 0.05) is 11.8 Å². The van der Waals surface area contributed by atoms with E-state index in [2.05, 4.69) is 0 Å². The topological polar surface area (TPSA) is 20.2 Å². The van der Waals surface area contributed by atoms with Gasteiger partial charge in [-0.1, -0.05) is 0 Å². The standard InChI is InChI=1S/C8H8F5O/c9-7(10)5-2-1-4(3-5)6(7,14)8(11,12)13/h2,4-5,14H,1,3H2. The third kappa shape index (κ3) is 0.877. The molecule has 14 heavy (non-hydrogen) atoms. The maximum absolute atomic E-state index is 13.2. The van der Waals surface area contributed by atoms with Gasteiger partial charge in [-0.05, 0) is 19.3 Å². The third-order valence-electron chi connectivity index (χ3n) is 3.24. The number of alkyl halides is 5. The molecule has 0 aromatic carbocycles. The van der Waals surface area contributed by atoms with E-state index < -0.39 is 29.5 Å². The molecule has 0 spiro atoms. The van der Waals surface area contributed by atoms with Gasteiger partial charge in [0.25, 0.3) is 5.92 Å². The van der Waals surface area contributed by atoms with E-state index in [4.69, 9.17) is 5.11 Å². The van der Waals surface area contributed by atoms with E-state index in [0.29, 0.717) is 0 Å². The highest BCUT2D eigenvalue weighted by molar-refractivity contribution is 5.20. The van der Waals surface area contributed by atoms with E-state index in [1.54, 1.807) is 0 Å². The highest BCUT2D eigenvalue weighted by Crippen LogP contribution is 2.63. The molecule has 3 atom stereocenters. The van der Waals surface area contributed by atoms with Crippen LogP contribution in [0.15, 0.2) is 0 Å². The van der Waals surface area contributed by atoms with Crippen LogP contribution >= 0.6 is 0 Å². The molecule has 2 rings (SSSR count). The van der Waals surface area contributed by atoms with Crippen molar-refractivity contribution in [3.05, 3.63) is 6.42 Å². The van der Waals surface area contributed by atoms with Crippen LogP contribution < -0.4 is 0 Å². The van der Waals surface area contributed by atoms with Crippen molar-refractivity contribution >= 4 is 0 Å². The Bertz CT molecular complexity index is 261. The fraction of sp³-hybridized carbons (Fsp3) is 0.875. The molecule has 0 aromatic heterocycles. The molecule has 3 unspecified atom stereocenters. The Hall–Kier alpha value is -0.390.